The van der Waals surface area contributed by atoms with Crippen molar-refractivity contribution in [2.45, 2.75) is 19.8 Å². The highest BCUT2D eigenvalue weighted by atomic mass is 16.2. The van der Waals surface area contributed by atoms with Crippen LogP contribution in [0.3, 0.4) is 0 Å². The molecule has 0 saturated heterocycles. The molecule has 4 nitrogen and oxygen atoms in total. The third kappa shape index (κ3) is 2.34. The fourth-order valence-corrected chi connectivity index (χ4v) is 1.57. The molecule has 0 aliphatic rings. The van der Waals surface area contributed by atoms with Crippen LogP contribution in [0.15, 0.2) is 18.2 Å². The van der Waals surface area contributed by atoms with E-state index in [-0.39, 0.29) is 11.1 Å². The topological polar surface area (TPSA) is 86.2 Å². The second-order valence-corrected chi connectivity index (χ2v) is 3.32. The molecule has 2 amide bonds. The van der Waals surface area contributed by atoms with Gasteiger partial charge in [-0.05, 0) is 18.1 Å². The lowest BCUT2D eigenvalue weighted by Crippen LogP contribution is -2.22. The van der Waals surface area contributed by atoms with Gasteiger partial charge in [-0.25, -0.2) is 0 Å². The van der Waals surface area contributed by atoms with E-state index in [1.807, 2.05) is 6.92 Å². The van der Waals surface area contributed by atoms with Crippen LogP contribution in [-0.4, -0.2) is 11.8 Å². The third-order valence-corrected chi connectivity index (χ3v) is 2.18. The van der Waals surface area contributed by atoms with Crippen molar-refractivity contribution in [2.75, 3.05) is 0 Å². The van der Waals surface area contributed by atoms with Crippen LogP contribution in [0.5, 0.6) is 0 Å². The van der Waals surface area contributed by atoms with E-state index in [4.69, 9.17) is 11.5 Å². The number of hydrogen-bond donors (Lipinski definition) is 2. The molecule has 0 aliphatic heterocycles. The lowest BCUT2D eigenvalue weighted by atomic mass is 9.97. The van der Waals surface area contributed by atoms with Crippen molar-refractivity contribution >= 4 is 11.8 Å². The number of carbonyl (C=O) groups excluding carboxylic acids is 2. The van der Waals surface area contributed by atoms with Crippen LogP contribution in [0, 0.1) is 0 Å². The molecule has 0 unspecified atom stereocenters. The summed E-state index contributed by atoms with van der Waals surface area (Å²) < 4.78 is 0. The first-order chi connectivity index (χ1) is 7.07. The van der Waals surface area contributed by atoms with Crippen molar-refractivity contribution in [1.29, 1.82) is 0 Å². The maximum Gasteiger partial charge on any atom is 0.249 e. The first-order valence-electron chi connectivity index (χ1n) is 4.79. The summed E-state index contributed by atoms with van der Waals surface area (Å²) in [5, 5.41) is 0. The molecular weight excluding hydrogens is 192 g/mol. The Hall–Kier alpha value is -1.84. The summed E-state index contributed by atoms with van der Waals surface area (Å²) in [6.07, 6.45) is 1.59. The lowest BCUT2D eigenvalue weighted by molar-refractivity contribution is 0.0966. The molecule has 0 bridgehead atoms. The first-order valence-corrected chi connectivity index (χ1v) is 4.79. The standard InChI is InChI=1S/C11H14N2O2/c1-2-4-7-5-3-6-8(10(12)14)9(7)11(13)15/h3,5-6H,2,4H2,1H3,(H2,12,14)(H2,13,15). The van der Waals surface area contributed by atoms with Crippen LogP contribution in [0.4, 0.5) is 0 Å². The Morgan fingerprint density at radius 2 is 1.87 bits per heavy atom. The molecule has 0 atom stereocenters. The van der Waals surface area contributed by atoms with Gasteiger partial charge >= 0.3 is 0 Å². The van der Waals surface area contributed by atoms with E-state index in [0.29, 0.717) is 6.42 Å². The van der Waals surface area contributed by atoms with Gasteiger partial charge in [0.2, 0.25) is 11.8 Å². The second-order valence-electron chi connectivity index (χ2n) is 3.32. The van der Waals surface area contributed by atoms with E-state index in [9.17, 15) is 9.59 Å². The Balaban J connectivity index is 3.34. The Kier molecular flexibility index (Phi) is 3.44. The van der Waals surface area contributed by atoms with Crippen LogP contribution >= 0.6 is 0 Å². The molecule has 1 aromatic rings. The molecule has 0 radical (unpaired) electrons. The van der Waals surface area contributed by atoms with Gasteiger partial charge in [-0.3, -0.25) is 9.59 Å². The number of nitrogens with two attached hydrogens (primary N) is 2. The van der Waals surface area contributed by atoms with Gasteiger partial charge in [-0.1, -0.05) is 25.5 Å². The Morgan fingerprint density at radius 3 is 2.33 bits per heavy atom. The average Bonchev–Trinajstić information content (AvgIpc) is 2.17. The summed E-state index contributed by atoms with van der Waals surface area (Å²) in [6.45, 7) is 1.99. The molecular formula is C11H14N2O2. The Labute approximate surface area is 88.3 Å². The van der Waals surface area contributed by atoms with Gasteiger partial charge in [0, 0.05) is 0 Å². The highest BCUT2D eigenvalue weighted by Gasteiger charge is 2.16. The van der Waals surface area contributed by atoms with Crippen molar-refractivity contribution in [3.8, 4) is 0 Å². The van der Waals surface area contributed by atoms with Crippen molar-refractivity contribution in [2.24, 2.45) is 11.5 Å². The number of hydrogen-bond acceptors (Lipinski definition) is 2. The highest BCUT2D eigenvalue weighted by molar-refractivity contribution is 6.07. The van der Waals surface area contributed by atoms with Gasteiger partial charge in [0.15, 0.2) is 0 Å². The predicted molar refractivity (Wildman–Crippen MR) is 57.5 cm³/mol. The zero-order chi connectivity index (χ0) is 11.4. The molecule has 1 rings (SSSR count). The first kappa shape index (κ1) is 11.2. The average molecular weight is 206 g/mol. The molecule has 80 valence electrons. The zero-order valence-electron chi connectivity index (χ0n) is 8.62. The normalized spacial score (nSPS) is 9.93. The molecule has 0 saturated carbocycles. The second kappa shape index (κ2) is 4.59. The molecule has 0 heterocycles. The smallest absolute Gasteiger partial charge is 0.249 e. The number of carbonyl (C=O) groups is 2. The van der Waals surface area contributed by atoms with Crippen molar-refractivity contribution in [1.82, 2.24) is 0 Å². The maximum atomic E-state index is 11.2. The van der Waals surface area contributed by atoms with Gasteiger partial charge in [0.25, 0.3) is 0 Å². The predicted octanol–water partition coefficient (Wildman–Crippen LogP) is 0.837. The van der Waals surface area contributed by atoms with E-state index >= 15 is 0 Å². The number of primary amides is 2. The number of amides is 2. The van der Waals surface area contributed by atoms with Crippen LogP contribution < -0.4 is 11.5 Å². The van der Waals surface area contributed by atoms with E-state index in [0.717, 1.165) is 12.0 Å². The van der Waals surface area contributed by atoms with Crippen molar-refractivity contribution in [3.63, 3.8) is 0 Å². The summed E-state index contributed by atoms with van der Waals surface area (Å²) in [4.78, 5) is 22.3. The monoisotopic (exact) mass is 206 g/mol. The molecule has 1 aromatic carbocycles. The van der Waals surface area contributed by atoms with Gasteiger partial charge in [-0.2, -0.15) is 0 Å². The Bertz CT molecular complexity index is 400. The van der Waals surface area contributed by atoms with E-state index in [2.05, 4.69) is 0 Å². The minimum Gasteiger partial charge on any atom is -0.366 e. The summed E-state index contributed by atoms with van der Waals surface area (Å²) >= 11 is 0. The van der Waals surface area contributed by atoms with Crippen molar-refractivity contribution < 1.29 is 9.59 Å². The summed E-state index contributed by atoms with van der Waals surface area (Å²) in [5.41, 5.74) is 11.6. The summed E-state index contributed by atoms with van der Waals surface area (Å²) in [7, 11) is 0. The van der Waals surface area contributed by atoms with E-state index < -0.39 is 11.8 Å². The van der Waals surface area contributed by atoms with Crippen LogP contribution in [0.1, 0.15) is 39.6 Å². The highest BCUT2D eigenvalue weighted by Crippen LogP contribution is 2.15. The quantitative estimate of drug-likeness (QED) is 0.764. The van der Waals surface area contributed by atoms with Gasteiger partial charge in [0.05, 0.1) is 11.1 Å². The van der Waals surface area contributed by atoms with Gasteiger partial charge < -0.3 is 11.5 Å². The van der Waals surface area contributed by atoms with Crippen LogP contribution in [0.25, 0.3) is 0 Å². The fourth-order valence-electron chi connectivity index (χ4n) is 1.57. The Morgan fingerprint density at radius 1 is 1.20 bits per heavy atom. The summed E-state index contributed by atoms with van der Waals surface area (Å²) in [5.74, 6) is -1.23. The van der Waals surface area contributed by atoms with Crippen LogP contribution in [0.2, 0.25) is 0 Å². The number of aryl methyl sites for hydroxylation is 1. The number of benzene rings is 1. The van der Waals surface area contributed by atoms with Crippen LogP contribution in [-0.2, 0) is 6.42 Å². The largest absolute Gasteiger partial charge is 0.366 e. The molecule has 0 fully saturated rings. The maximum absolute atomic E-state index is 11.2. The van der Waals surface area contributed by atoms with E-state index in [1.54, 1.807) is 12.1 Å². The van der Waals surface area contributed by atoms with Crippen molar-refractivity contribution in [3.05, 3.63) is 34.9 Å². The molecule has 15 heavy (non-hydrogen) atoms. The van der Waals surface area contributed by atoms with E-state index in [1.165, 1.54) is 6.07 Å². The molecule has 0 spiro atoms. The SMILES string of the molecule is CCCc1cccc(C(N)=O)c1C(N)=O. The fraction of sp³-hybridized carbons (Fsp3) is 0.273. The minimum absolute atomic E-state index is 0.202. The lowest BCUT2D eigenvalue weighted by Gasteiger charge is -2.08. The summed E-state index contributed by atoms with van der Waals surface area (Å²) in [6, 6.07) is 5.01. The molecule has 4 N–H and O–H groups in total. The molecule has 0 aromatic heterocycles. The molecule has 0 aliphatic carbocycles. The molecule has 4 heteroatoms. The van der Waals surface area contributed by atoms with Gasteiger partial charge in [0.1, 0.15) is 0 Å². The number of rotatable bonds is 4. The minimum atomic E-state index is -0.623. The zero-order valence-corrected chi connectivity index (χ0v) is 8.62. The van der Waals surface area contributed by atoms with Gasteiger partial charge in [-0.15, -0.1) is 0 Å². The third-order valence-electron chi connectivity index (χ3n) is 2.18.